The molecule has 0 saturated carbocycles. The van der Waals surface area contributed by atoms with Gasteiger partial charge in [-0.25, -0.2) is 0 Å². The molecule has 0 aromatic carbocycles. The SMILES string of the molecule is CCCCCCCCCCCCCCCCCCCCCCNCC.N. The summed E-state index contributed by atoms with van der Waals surface area (Å²) in [5, 5.41) is 3.41. The highest BCUT2D eigenvalue weighted by Gasteiger charge is 1.95. The van der Waals surface area contributed by atoms with E-state index in [0.717, 1.165) is 6.54 Å². The molecule has 0 rings (SSSR count). The van der Waals surface area contributed by atoms with E-state index in [4.69, 9.17) is 0 Å². The molecule has 0 fully saturated rings. The zero-order chi connectivity index (χ0) is 18.3. The van der Waals surface area contributed by atoms with Crippen molar-refractivity contribution in [2.45, 2.75) is 142 Å². The Morgan fingerprint density at radius 3 is 0.923 bits per heavy atom. The van der Waals surface area contributed by atoms with Crippen molar-refractivity contribution in [3.63, 3.8) is 0 Å². The molecular formula is C24H54N2. The van der Waals surface area contributed by atoms with Crippen LogP contribution in [-0.4, -0.2) is 13.1 Å². The third kappa shape index (κ3) is 26.2. The van der Waals surface area contributed by atoms with Crippen LogP contribution >= 0.6 is 0 Å². The Hall–Kier alpha value is -0.0800. The monoisotopic (exact) mass is 370 g/mol. The minimum absolute atomic E-state index is 0. The van der Waals surface area contributed by atoms with Gasteiger partial charge in [0, 0.05) is 0 Å². The normalized spacial score (nSPS) is 10.8. The second-order valence-electron chi connectivity index (χ2n) is 8.07. The van der Waals surface area contributed by atoms with Crippen LogP contribution < -0.4 is 11.5 Å². The second kappa shape index (κ2) is 27.1. The summed E-state index contributed by atoms with van der Waals surface area (Å²) in [5.41, 5.74) is 0. The van der Waals surface area contributed by atoms with Crippen LogP contribution in [0.4, 0.5) is 0 Å². The standard InChI is InChI=1S/C24H51N.H3N/c1-3-5-6-7-8-9-10-11-12-13-14-15-16-17-18-19-20-21-22-23-24-25-4-2;/h25H,3-24H2,1-2H3;1H3. The lowest BCUT2D eigenvalue weighted by Crippen LogP contribution is -2.13. The van der Waals surface area contributed by atoms with Crippen LogP contribution in [0.2, 0.25) is 0 Å². The summed E-state index contributed by atoms with van der Waals surface area (Å²) in [5.74, 6) is 0. The van der Waals surface area contributed by atoms with Crippen LogP contribution in [0.5, 0.6) is 0 Å². The highest BCUT2D eigenvalue weighted by atomic mass is 14.8. The molecular weight excluding hydrogens is 316 g/mol. The Balaban J connectivity index is 0. The van der Waals surface area contributed by atoms with Crippen molar-refractivity contribution in [1.82, 2.24) is 11.5 Å². The van der Waals surface area contributed by atoms with Gasteiger partial charge in [-0.1, -0.05) is 136 Å². The molecule has 0 aliphatic rings. The van der Waals surface area contributed by atoms with Crippen LogP contribution in [-0.2, 0) is 0 Å². The summed E-state index contributed by atoms with van der Waals surface area (Å²) in [6.45, 7) is 6.83. The van der Waals surface area contributed by atoms with Gasteiger partial charge < -0.3 is 11.5 Å². The van der Waals surface area contributed by atoms with Crippen LogP contribution in [0.15, 0.2) is 0 Å². The van der Waals surface area contributed by atoms with Gasteiger partial charge in [0.25, 0.3) is 0 Å². The Morgan fingerprint density at radius 2 is 0.654 bits per heavy atom. The first-order valence-corrected chi connectivity index (χ1v) is 12.1. The number of hydrogen-bond donors (Lipinski definition) is 2. The Labute approximate surface area is 167 Å². The number of unbranched alkanes of at least 4 members (excludes halogenated alkanes) is 19. The van der Waals surface area contributed by atoms with Crippen LogP contribution in [0.1, 0.15) is 142 Å². The maximum atomic E-state index is 3.41. The smallest absolute Gasteiger partial charge is 0.00490 e. The van der Waals surface area contributed by atoms with E-state index in [0.29, 0.717) is 0 Å². The molecule has 0 spiro atoms. The molecule has 160 valence electrons. The molecule has 0 saturated heterocycles. The van der Waals surface area contributed by atoms with Crippen molar-refractivity contribution in [3.05, 3.63) is 0 Å². The lowest BCUT2D eigenvalue weighted by atomic mass is 10.0. The van der Waals surface area contributed by atoms with Crippen molar-refractivity contribution < 1.29 is 0 Å². The lowest BCUT2D eigenvalue weighted by Gasteiger charge is -2.04. The van der Waals surface area contributed by atoms with Crippen LogP contribution in [0, 0.1) is 0 Å². The molecule has 0 aliphatic carbocycles. The van der Waals surface area contributed by atoms with E-state index in [1.165, 1.54) is 135 Å². The van der Waals surface area contributed by atoms with Gasteiger partial charge in [0.1, 0.15) is 0 Å². The summed E-state index contributed by atoms with van der Waals surface area (Å²) in [6, 6.07) is 0. The third-order valence-electron chi connectivity index (χ3n) is 5.46. The molecule has 0 atom stereocenters. The summed E-state index contributed by atoms with van der Waals surface area (Å²) in [7, 11) is 0. The van der Waals surface area contributed by atoms with Crippen molar-refractivity contribution in [2.24, 2.45) is 0 Å². The fraction of sp³-hybridized carbons (Fsp3) is 1.00. The fourth-order valence-corrected chi connectivity index (χ4v) is 3.68. The van der Waals surface area contributed by atoms with E-state index in [1.807, 2.05) is 0 Å². The molecule has 4 N–H and O–H groups in total. The average molecular weight is 371 g/mol. The molecule has 0 heterocycles. The van der Waals surface area contributed by atoms with Gasteiger partial charge in [0.05, 0.1) is 0 Å². The molecule has 2 heteroatoms. The van der Waals surface area contributed by atoms with Gasteiger partial charge in [-0.05, 0) is 19.5 Å². The fourth-order valence-electron chi connectivity index (χ4n) is 3.68. The zero-order valence-electron chi connectivity index (χ0n) is 18.8. The Bertz CT molecular complexity index is 196. The Kier molecular flexibility index (Phi) is 29.4. The van der Waals surface area contributed by atoms with Gasteiger partial charge in [0.15, 0.2) is 0 Å². The average Bonchev–Trinajstić information content (AvgIpc) is 2.63. The van der Waals surface area contributed by atoms with Gasteiger partial charge >= 0.3 is 0 Å². The minimum atomic E-state index is 0. The molecule has 0 unspecified atom stereocenters. The molecule has 0 aliphatic heterocycles. The largest absolute Gasteiger partial charge is 0.344 e. The molecule has 0 radical (unpaired) electrons. The van der Waals surface area contributed by atoms with Crippen molar-refractivity contribution >= 4 is 0 Å². The maximum absolute atomic E-state index is 3.41. The quantitative estimate of drug-likeness (QED) is 0.187. The van der Waals surface area contributed by atoms with E-state index in [2.05, 4.69) is 19.2 Å². The van der Waals surface area contributed by atoms with E-state index in [9.17, 15) is 0 Å². The van der Waals surface area contributed by atoms with Crippen molar-refractivity contribution in [2.75, 3.05) is 13.1 Å². The van der Waals surface area contributed by atoms with Crippen molar-refractivity contribution in [1.29, 1.82) is 0 Å². The molecule has 26 heavy (non-hydrogen) atoms. The lowest BCUT2D eigenvalue weighted by molar-refractivity contribution is 0.520. The van der Waals surface area contributed by atoms with E-state index < -0.39 is 0 Å². The van der Waals surface area contributed by atoms with Gasteiger partial charge in [-0.2, -0.15) is 0 Å². The second-order valence-corrected chi connectivity index (χ2v) is 8.07. The first-order valence-electron chi connectivity index (χ1n) is 12.1. The summed E-state index contributed by atoms with van der Waals surface area (Å²) >= 11 is 0. The van der Waals surface area contributed by atoms with Gasteiger partial charge in [-0.15, -0.1) is 0 Å². The molecule has 2 nitrogen and oxygen atoms in total. The summed E-state index contributed by atoms with van der Waals surface area (Å²) in [6.07, 6.45) is 29.3. The third-order valence-corrected chi connectivity index (χ3v) is 5.46. The van der Waals surface area contributed by atoms with Crippen molar-refractivity contribution in [3.8, 4) is 0 Å². The molecule has 0 aromatic heterocycles. The van der Waals surface area contributed by atoms with Crippen LogP contribution in [0.3, 0.4) is 0 Å². The molecule has 0 amide bonds. The topological polar surface area (TPSA) is 47.0 Å². The zero-order valence-corrected chi connectivity index (χ0v) is 18.8. The maximum Gasteiger partial charge on any atom is -0.00490 e. The molecule has 0 bridgehead atoms. The van der Waals surface area contributed by atoms with Crippen LogP contribution in [0.25, 0.3) is 0 Å². The van der Waals surface area contributed by atoms with E-state index >= 15 is 0 Å². The van der Waals surface area contributed by atoms with Gasteiger partial charge in [-0.3, -0.25) is 0 Å². The Morgan fingerprint density at radius 1 is 0.385 bits per heavy atom. The molecule has 0 aromatic rings. The predicted molar refractivity (Wildman–Crippen MR) is 122 cm³/mol. The van der Waals surface area contributed by atoms with E-state index in [1.54, 1.807) is 0 Å². The van der Waals surface area contributed by atoms with E-state index in [-0.39, 0.29) is 6.15 Å². The van der Waals surface area contributed by atoms with Gasteiger partial charge in [0.2, 0.25) is 0 Å². The highest BCUT2D eigenvalue weighted by molar-refractivity contribution is 4.51. The summed E-state index contributed by atoms with van der Waals surface area (Å²) < 4.78 is 0. The number of hydrogen-bond acceptors (Lipinski definition) is 2. The predicted octanol–water partition coefficient (Wildman–Crippen LogP) is 8.58. The number of nitrogens with one attached hydrogen (secondary N) is 1. The first-order chi connectivity index (χ1) is 12.4. The summed E-state index contributed by atoms with van der Waals surface area (Å²) in [4.78, 5) is 0. The minimum Gasteiger partial charge on any atom is -0.344 e. The first kappa shape index (κ1) is 28.1. The highest BCUT2D eigenvalue weighted by Crippen LogP contribution is 2.14. The number of rotatable bonds is 22.